The van der Waals surface area contributed by atoms with Crippen LogP contribution in [0.4, 0.5) is 11.4 Å². The molecule has 4 aromatic carbocycles. The van der Waals surface area contributed by atoms with Gasteiger partial charge in [-0.2, -0.15) is 0 Å². The summed E-state index contributed by atoms with van der Waals surface area (Å²) < 4.78 is 10.4. The van der Waals surface area contributed by atoms with E-state index >= 15 is 0 Å². The van der Waals surface area contributed by atoms with E-state index < -0.39 is 11.8 Å². The molecule has 214 valence electrons. The maximum absolute atomic E-state index is 13.3. The third kappa shape index (κ3) is 8.49. The summed E-state index contributed by atoms with van der Waals surface area (Å²) in [6.45, 7) is 1.82. The molecular formula is C33H31N3O5S. The van der Waals surface area contributed by atoms with Crippen LogP contribution < -0.4 is 25.4 Å². The zero-order chi connectivity index (χ0) is 29.9. The van der Waals surface area contributed by atoms with Gasteiger partial charge in [0, 0.05) is 21.8 Å². The maximum Gasteiger partial charge on any atom is 0.272 e. The highest BCUT2D eigenvalue weighted by Gasteiger charge is 2.17. The van der Waals surface area contributed by atoms with Crippen LogP contribution in [0.3, 0.4) is 0 Å². The van der Waals surface area contributed by atoms with E-state index in [0.29, 0.717) is 34.0 Å². The van der Waals surface area contributed by atoms with Crippen LogP contribution in [-0.4, -0.2) is 37.2 Å². The standard InChI is InChI=1S/C33H31N3O5S/c1-22(31(37)34-25-11-17-28(41-3)18-12-25)42-29-19-13-26(14-20-29)35-33(39)30(21-23-9-15-27(40-2)16-10-23)36-32(38)24-7-5-4-6-8-24/h4-22H,1-3H3,(H,34,37)(H,35,39)(H,36,38)/b30-21-. The van der Waals surface area contributed by atoms with Crippen molar-refractivity contribution in [2.75, 3.05) is 24.9 Å². The van der Waals surface area contributed by atoms with Gasteiger partial charge in [0.05, 0.1) is 19.5 Å². The predicted octanol–water partition coefficient (Wildman–Crippen LogP) is 6.23. The Labute approximate surface area is 249 Å². The molecule has 4 aromatic rings. The van der Waals surface area contributed by atoms with Crippen molar-refractivity contribution in [3.8, 4) is 11.5 Å². The number of benzene rings is 4. The summed E-state index contributed by atoms with van der Waals surface area (Å²) in [5, 5.41) is 8.11. The highest BCUT2D eigenvalue weighted by molar-refractivity contribution is 8.00. The minimum Gasteiger partial charge on any atom is -0.497 e. The molecule has 0 aliphatic carbocycles. The van der Waals surface area contributed by atoms with E-state index in [0.717, 1.165) is 4.90 Å². The summed E-state index contributed by atoms with van der Waals surface area (Å²) in [5.41, 5.74) is 2.44. The number of hydrogen-bond acceptors (Lipinski definition) is 6. The first-order valence-electron chi connectivity index (χ1n) is 13.1. The molecule has 0 aliphatic heterocycles. The Morgan fingerprint density at radius 3 is 1.86 bits per heavy atom. The van der Waals surface area contributed by atoms with Crippen molar-refractivity contribution in [2.45, 2.75) is 17.1 Å². The molecule has 3 amide bonds. The molecule has 0 heterocycles. The fourth-order valence-electron chi connectivity index (χ4n) is 3.80. The zero-order valence-electron chi connectivity index (χ0n) is 23.4. The Morgan fingerprint density at radius 2 is 1.26 bits per heavy atom. The number of methoxy groups -OCH3 is 2. The average molecular weight is 582 g/mol. The number of thioether (sulfide) groups is 1. The predicted molar refractivity (Wildman–Crippen MR) is 167 cm³/mol. The Bertz CT molecular complexity index is 1540. The number of rotatable bonds is 11. The summed E-state index contributed by atoms with van der Waals surface area (Å²) in [6, 6.07) is 30.1. The van der Waals surface area contributed by atoms with Gasteiger partial charge in [-0.25, -0.2) is 0 Å². The molecule has 1 unspecified atom stereocenters. The molecule has 42 heavy (non-hydrogen) atoms. The van der Waals surface area contributed by atoms with Gasteiger partial charge >= 0.3 is 0 Å². The monoisotopic (exact) mass is 581 g/mol. The van der Waals surface area contributed by atoms with E-state index in [4.69, 9.17) is 9.47 Å². The molecule has 0 fully saturated rings. The first kappa shape index (κ1) is 30.0. The second kappa shape index (κ2) is 14.6. The van der Waals surface area contributed by atoms with Gasteiger partial charge in [-0.15, -0.1) is 11.8 Å². The molecule has 8 nitrogen and oxygen atoms in total. The van der Waals surface area contributed by atoms with E-state index in [-0.39, 0.29) is 16.9 Å². The number of carbonyl (C=O) groups is 3. The highest BCUT2D eigenvalue weighted by Crippen LogP contribution is 2.26. The quantitative estimate of drug-likeness (QED) is 0.143. The molecule has 9 heteroatoms. The normalized spacial score (nSPS) is 11.6. The van der Waals surface area contributed by atoms with Crippen LogP contribution in [0.1, 0.15) is 22.8 Å². The summed E-state index contributed by atoms with van der Waals surface area (Å²) in [7, 11) is 3.16. The van der Waals surface area contributed by atoms with Gasteiger partial charge in [-0.3, -0.25) is 14.4 Å². The first-order chi connectivity index (χ1) is 20.3. The molecule has 0 bridgehead atoms. The molecule has 4 rings (SSSR count). The number of hydrogen-bond donors (Lipinski definition) is 3. The van der Waals surface area contributed by atoms with Crippen molar-refractivity contribution in [1.82, 2.24) is 5.32 Å². The van der Waals surface area contributed by atoms with Crippen LogP contribution in [0.25, 0.3) is 6.08 Å². The molecule has 0 radical (unpaired) electrons. The number of ether oxygens (including phenoxy) is 2. The van der Waals surface area contributed by atoms with Crippen molar-refractivity contribution in [3.63, 3.8) is 0 Å². The minimum atomic E-state index is -0.484. The molecule has 0 aliphatic rings. The van der Waals surface area contributed by atoms with Crippen molar-refractivity contribution in [2.24, 2.45) is 0 Å². The topological polar surface area (TPSA) is 106 Å². The lowest BCUT2D eigenvalue weighted by Gasteiger charge is -2.14. The molecule has 0 spiro atoms. The third-order valence-corrected chi connectivity index (χ3v) is 7.22. The van der Waals surface area contributed by atoms with Crippen LogP contribution in [0.2, 0.25) is 0 Å². The highest BCUT2D eigenvalue weighted by atomic mass is 32.2. The third-order valence-electron chi connectivity index (χ3n) is 6.11. The van der Waals surface area contributed by atoms with Crippen LogP contribution >= 0.6 is 11.8 Å². The van der Waals surface area contributed by atoms with Crippen molar-refractivity contribution >= 4 is 46.9 Å². The smallest absolute Gasteiger partial charge is 0.272 e. The molecule has 0 aromatic heterocycles. The lowest BCUT2D eigenvalue weighted by molar-refractivity contribution is -0.115. The van der Waals surface area contributed by atoms with E-state index in [2.05, 4.69) is 16.0 Å². The lowest BCUT2D eigenvalue weighted by Crippen LogP contribution is -2.30. The lowest BCUT2D eigenvalue weighted by atomic mass is 10.1. The number of amides is 3. The Hall–Kier alpha value is -5.02. The van der Waals surface area contributed by atoms with Crippen molar-refractivity contribution in [3.05, 3.63) is 120 Å². The fraction of sp³-hybridized carbons (Fsp3) is 0.121. The van der Waals surface area contributed by atoms with Crippen LogP contribution in [0.15, 0.2) is 114 Å². The number of carbonyl (C=O) groups excluding carboxylic acids is 3. The van der Waals surface area contributed by atoms with Gasteiger partial charge in [0.2, 0.25) is 5.91 Å². The summed E-state index contributed by atoms with van der Waals surface area (Å²) in [5.74, 6) is 0.369. The van der Waals surface area contributed by atoms with Gasteiger partial charge in [0.25, 0.3) is 11.8 Å². The van der Waals surface area contributed by atoms with E-state index in [9.17, 15) is 14.4 Å². The Balaban J connectivity index is 1.42. The van der Waals surface area contributed by atoms with E-state index in [1.807, 2.05) is 25.1 Å². The van der Waals surface area contributed by atoms with Gasteiger partial charge in [0.1, 0.15) is 17.2 Å². The summed E-state index contributed by atoms with van der Waals surface area (Å²) >= 11 is 1.40. The molecule has 0 saturated carbocycles. The minimum absolute atomic E-state index is 0.0799. The van der Waals surface area contributed by atoms with E-state index in [1.165, 1.54) is 11.8 Å². The van der Waals surface area contributed by atoms with Crippen LogP contribution in [0.5, 0.6) is 11.5 Å². The largest absolute Gasteiger partial charge is 0.497 e. The molecular weight excluding hydrogens is 550 g/mol. The van der Waals surface area contributed by atoms with Gasteiger partial charge in [-0.05, 0) is 91.4 Å². The maximum atomic E-state index is 13.3. The average Bonchev–Trinajstić information content (AvgIpc) is 3.02. The molecule has 3 N–H and O–H groups in total. The molecule has 0 saturated heterocycles. The molecule has 1 atom stereocenters. The second-order valence-corrected chi connectivity index (χ2v) is 10.5. The fourth-order valence-corrected chi connectivity index (χ4v) is 4.67. The van der Waals surface area contributed by atoms with E-state index in [1.54, 1.807) is 105 Å². The zero-order valence-corrected chi connectivity index (χ0v) is 24.2. The summed E-state index contributed by atoms with van der Waals surface area (Å²) in [4.78, 5) is 39.7. The van der Waals surface area contributed by atoms with Gasteiger partial charge < -0.3 is 25.4 Å². The Kier molecular flexibility index (Phi) is 10.4. The van der Waals surface area contributed by atoms with Gasteiger partial charge in [-0.1, -0.05) is 30.3 Å². The van der Waals surface area contributed by atoms with Crippen molar-refractivity contribution < 1.29 is 23.9 Å². The number of anilines is 2. The van der Waals surface area contributed by atoms with Crippen LogP contribution in [-0.2, 0) is 9.59 Å². The first-order valence-corrected chi connectivity index (χ1v) is 14.0. The summed E-state index contributed by atoms with van der Waals surface area (Å²) in [6.07, 6.45) is 1.60. The van der Waals surface area contributed by atoms with Gasteiger partial charge in [0.15, 0.2) is 0 Å². The van der Waals surface area contributed by atoms with Crippen LogP contribution in [0, 0.1) is 0 Å². The Morgan fingerprint density at radius 1 is 0.714 bits per heavy atom. The second-order valence-electron chi connectivity index (χ2n) is 9.11. The SMILES string of the molecule is COc1ccc(/C=C(\NC(=O)c2ccccc2)C(=O)Nc2ccc(SC(C)C(=O)Nc3ccc(OC)cc3)cc2)cc1. The number of nitrogens with one attached hydrogen (secondary N) is 3. The van der Waals surface area contributed by atoms with Crippen molar-refractivity contribution in [1.29, 1.82) is 0 Å².